The number of nitrogens with one attached hydrogen (secondary N) is 1. The number of pyridine rings is 1. The number of rotatable bonds is 6. The second kappa shape index (κ2) is 7.40. The summed E-state index contributed by atoms with van der Waals surface area (Å²) in [5.74, 6) is 0.346. The fourth-order valence-electron chi connectivity index (χ4n) is 1.82. The maximum atomic E-state index is 12.1. The molecule has 21 heavy (non-hydrogen) atoms. The first kappa shape index (κ1) is 15.0. The van der Waals surface area contributed by atoms with E-state index in [0.717, 1.165) is 12.0 Å². The van der Waals surface area contributed by atoms with E-state index in [1.165, 1.54) is 0 Å². The van der Waals surface area contributed by atoms with Gasteiger partial charge >= 0.3 is 0 Å². The molecule has 0 radical (unpaired) electrons. The molecule has 1 aromatic heterocycles. The maximum absolute atomic E-state index is 12.1. The molecule has 0 fully saturated rings. The van der Waals surface area contributed by atoms with Crippen molar-refractivity contribution in [2.24, 2.45) is 5.73 Å². The number of carbonyl (C=O) groups excluding carboxylic acids is 1. The van der Waals surface area contributed by atoms with E-state index in [2.05, 4.69) is 10.3 Å². The molecule has 1 atom stereocenters. The average Bonchev–Trinajstić information content (AvgIpc) is 2.53. The number of benzene rings is 1. The molecule has 110 valence electrons. The molecule has 1 aromatic carbocycles. The summed E-state index contributed by atoms with van der Waals surface area (Å²) in [6, 6.07) is 10.2. The molecule has 2 rings (SSSR count). The summed E-state index contributed by atoms with van der Waals surface area (Å²) in [6.45, 7) is 2.64. The van der Waals surface area contributed by atoms with Crippen molar-refractivity contribution in [2.75, 3.05) is 11.9 Å². The summed E-state index contributed by atoms with van der Waals surface area (Å²) >= 11 is 0. The second-order valence-corrected chi connectivity index (χ2v) is 4.64. The van der Waals surface area contributed by atoms with Gasteiger partial charge < -0.3 is 15.8 Å². The topological polar surface area (TPSA) is 77.2 Å². The van der Waals surface area contributed by atoms with E-state index in [1.54, 1.807) is 18.5 Å². The Balaban J connectivity index is 2.02. The summed E-state index contributed by atoms with van der Waals surface area (Å²) in [7, 11) is 0. The summed E-state index contributed by atoms with van der Waals surface area (Å²) in [5, 5.41) is 2.75. The lowest BCUT2D eigenvalue weighted by atomic mass is 10.1. The Hall–Kier alpha value is -2.40. The van der Waals surface area contributed by atoms with Crippen LogP contribution in [-0.4, -0.2) is 17.5 Å². The largest absolute Gasteiger partial charge is 0.492 e. The third-order valence-corrected chi connectivity index (χ3v) is 2.89. The SMILES string of the molecule is CCCOc1cncc(NC(=O)C(N)c2ccccc2)c1. The van der Waals surface area contributed by atoms with Gasteiger partial charge in [-0.15, -0.1) is 0 Å². The Labute approximate surface area is 124 Å². The molecule has 0 aliphatic carbocycles. The van der Waals surface area contributed by atoms with Crippen molar-refractivity contribution in [1.82, 2.24) is 4.98 Å². The van der Waals surface area contributed by atoms with E-state index in [0.29, 0.717) is 18.0 Å². The van der Waals surface area contributed by atoms with E-state index in [1.807, 2.05) is 37.3 Å². The summed E-state index contributed by atoms with van der Waals surface area (Å²) in [6.07, 6.45) is 4.09. The molecule has 0 aliphatic heterocycles. The number of nitrogens with zero attached hydrogens (tertiary/aromatic N) is 1. The number of nitrogens with two attached hydrogens (primary N) is 1. The number of amides is 1. The van der Waals surface area contributed by atoms with Crippen LogP contribution in [0.25, 0.3) is 0 Å². The first-order valence-electron chi connectivity index (χ1n) is 6.90. The molecule has 0 spiro atoms. The lowest BCUT2D eigenvalue weighted by Crippen LogP contribution is -2.27. The minimum Gasteiger partial charge on any atom is -0.492 e. The van der Waals surface area contributed by atoms with Gasteiger partial charge in [-0.05, 0) is 12.0 Å². The Morgan fingerprint density at radius 3 is 2.81 bits per heavy atom. The highest BCUT2D eigenvalue weighted by Crippen LogP contribution is 2.17. The molecule has 1 heterocycles. The van der Waals surface area contributed by atoms with Crippen molar-refractivity contribution < 1.29 is 9.53 Å². The number of anilines is 1. The van der Waals surface area contributed by atoms with E-state index < -0.39 is 6.04 Å². The summed E-state index contributed by atoms with van der Waals surface area (Å²) in [5.41, 5.74) is 7.28. The van der Waals surface area contributed by atoms with Gasteiger partial charge in [0.15, 0.2) is 0 Å². The van der Waals surface area contributed by atoms with Gasteiger partial charge in [0.2, 0.25) is 5.91 Å². The number of aromatic nitrogens is 1. The zero-order chi connectivity index (χ0) is 15.1. The van der Waals surface area contributed by atoms with Crippen LogP contribution in [0.2, 0.25) is 0 Å². The van der Waals surface area contributed by atoms with Crippen LogP contribution in [0, 0.1) is 0 Å². The predicted octanol–water partition coefficient (Wildman–Crippen LogP) is 2.51. The molecular weight excluding hydrogens is 266 g/mol. The van der Waals surface area contributed by atoms with Gasteiger partial charge in [-0.25, -0.2) is 0 Å². The first-order valence-corrected chi connectivity index (χ1v) is 6.90. The van der Waals surface area contributed by atoms with Crippen molar-refractivity contribution in [3.63, 3.8) is 0 Å². The van der Waals surface area contributed by atoms with Crippen LogP contribution < -0.4 is 15.8 Å². The number of hydrogen-bond donors (Lipinski definition) is 2. The van der Waals surface area contributed by atoms with E-state index in [4.69, 9.17) is 10.5 Å². The van der Waals surface area contributed by atoms with E-state index >= 15 is 0 Å². The average molecular weight is 285 g/mol. The lowest BCUT2D eigenvalue weighted by molar-refractivity contribution is -0.117. The quantitative estimate of drug-likeness (QED) is 0.855. The number of carbonyl (C=O) groups is 1. The number of ether oxygens (including phenoxy) is 1. The minimum absolute atomic E-state index is 0.282. The van der Waals surface area contributed by atoms with Crippen LogP contribution >= 0.6 is 0 Å². The predicted molar refractivity (Wildman–Crippen MR) is 82.0 cm³/mol. The molecule has 0 saturated heterocycles. The smallest absolute Gasteiger partial charge is 0.245 e. The Kier molecular flexibility index (Phi) is 5.29. The molecule has 5 heteroatoms. The van der Waals surface area contributed by atoms with Crippen LogP contribution in [0.5, 0.6) is 5.75 Å². The van der Waals surface area contributed by atoms with Crippen LogP contribution in [0.15, 0.2) is 48.8 Å². The van der Waals surface area contributed by atoms with Gasteiger partial charge in [-0.3, -0.25) is 9.78 Å². The molecule has 0 saturated carbocycles. The molecule has 2 aromatic rings. The third kappa shape index (κ3) is 4.29. The molecule has 0 bridgehead atoms. The Morgan fingerprint density at radius 1 is 1.33 bits per heavy atom. The normalized spacial score (nSPS) is 11.7. The fourth-order valence-corrected chi connectivity index (χ4v) is 1.82. The zero-order valence-corrected chi connectivity index (χ0v) is 12.0. The highest BCUT2D eigenvalue weighted by atomic mass is 16.5. The lowest BCUT2D eigenvalue weighted by Gasteiger charge is -2.13. The molecular formula is C16H19N3O2. The highest BCUT2D eigenvalue weighted by Gasteiger charge is 2.15. The molecule has 0 aliphatic rings. The van der Waals surface area contributed by atoms with Crippen molar-refractivity contribution >= 4 is 11.6 Å². The minimum atomic E-state index is -0.716. The molecule has 1 unspecified atom stereocenters. The van der Waals surface area contributed by atoms with E-state index in [9.17, 15) is 4.79 Å². The second-order valence-electron chi connectivity index (χ2n) is 4.64. The van der Waals surface area contributed by atoms with Crippen molar-refractivity contribution in [3.05, 3.63) is 54.4 Å². The van der Waals surface area contributed by atoms with Crippen LogP contribution in [0.4, 0.5) is 5.69 Å². The van der Waals surface area contributed by atoms with Gasteiger partial charge in [0.1, 0.15) is 11.8 Å². The summed E-state index contributed by atoms with van der Waals surface area (Å²) < 4.78 is 5.48. The highest BCUT2D eigenvalue weighted by molar-refractivity contribution is 5.95. The standard InChI is InChI=1S/C16H19N3O2/c1-2-8-21-14-9-13(10-18-11-14)19-16(20)15(17)12-6-4-3-5-7-12/h3-7,9-11,15H,2,8,17H2,1H3,(H,19,20). The van der Waals surface area contributed by atoms with Gasteiger partial charge in [0, 0.05) is 6.07 Å². The van der Waals surface area contributed by atoms with Crippen molar-refractivity contribution in [2.45, 2.75) is 19.4 Å². The van der Waals surface area contributed by atoms with Gasteiger partial charge in [-0.2, -0.15) is 0 Å². The summed E-state index contributed by atoms with van der Waals surface area (Å²) in [4.78, 5) is 16.2. The van der Waals surface area contributed by atoms with Gasteiger partial charge in [-0.1, -0.05) is 37.3 Å². The maximum Gasteiger partial charge on any atom is 0.245 e. The molecule has 3 N–H and O–H groups in total. The fraction of sp³-hybridized carbons (Fsp3) is 0.250. The Bertz CT molecular complexity index is 587. The third-order valence-electron chi connectivity index (χ3n) is 2.89. The van der Waals surface area contributed by atoms with Crippen LogP contribution in [-0.2, 0) is 4.79 Å². The van der Waals surface area contributed by atoms with Crippen LogP contribution in [0.1, 0.15) is 24.9 Å². The Morgan fingerprint density at radius 2 is 2.10 bits per heavy atom. The van der Waals surface area contributed by atoms with E-state index in [-0.39, 0.29) is 5.91 Å². The molecule has 1 amide bonds. The van der Waals surface area contributed by atoms with Gasteiger partial charge in [0.05, 0.1) is 24.7 Å². The van der Waals surface area contributed by atoms with Crippen LogP contribution in [0.3, 0.4) is 0 Å². The molecule has 5 nitrogen and oxygen atoms in total. The number of hydrogen-bond acceptors (Lipinski definition) is 4. The first-order chi connectivity index (χ1) is 10.2. The van der Waals surface area contributed by atoms with Crippen molar-refractivity contribution in [1.29, 1.82) is 0 Å². The van der Waals surface area contributed by atoms with Gasteiger partial charge in [0.25, 0.3) is 0 Å². The monoisotopic (exact) mass is 285 g/mol. The zero-order valence-electron chi connectivity index (χ0n) is 12.0. The van der Waals surface area contributed by atoms with Crippen molar-refractivity contribution in [3.8, 4) is 5.75 Å².